The molecule has 53 heavy (non-hydrogen) atoms. The van der Waals surface area contributed by atoms with Crippen molar-refractivity contribution in [3.63, 3.8) is 0 Å². The van der Waals surface area contributed by atoms with Crippen molar-refractivity contribution < 1.29 is 19.5 Å². The summed E-state index contributed by atoms with van der Waals surface area (Å²) in [5, 5.41) is 25.0. The smallest absolute Gasteiger partial charge is 0.320 e. The number of benzene rings is 4. The Morgan fingerprint density at radius 1 is 0.642 bits per heavy atom. The molecule has 0 radical (unpaired) electrons. The zero-order valence-corrected chi connectivity index (χ0v) is 31.2. The van der Waals surface area contributed by atoms with Crippen LogP contribution in [0.5, 0.6) is 0 Å². The van der Waals surface area contributed by atoms with E-state index in [0.29, 0.717) is 38.8 Å². The quantitative estimate of drug-likeness (QED) is 0.0555. The molecule has 4 rings (SSSR count). The van der Waals surface area contributed by atoms with Crippen molar-refractivity contribution in [1.29, 1.82) is 0 Å². The molecule has 5 atom stereocenters. The van der Waals surface area contributed by atoms with Gasteiger partial charge in [0.25, 0.3) is 0 Å². The first-order valence-corrected chi connectivity index (χ1v) is 18.9. The van der Waals surface area contributed by atoms with Crippen molar-refractivity contribution in [2.75, 3.05) is 19.6 Å². The van der Waals surface area contributed by atoms with E-state index in [1.54, 1.807) is 0 Å². The summed E-state index contributed by atoms with van der Waals surface area (Å²) < 4.78 is 0. The second-order valence-corrected chi connectivity index (χ2v) is 14.5. The number of carbonyl (C=O) groups excluding carboxylic acids is 2. The van der Waals surface area contributed by atoms with Gasteiger partial charge in [-0.25, -0.2) is 0 Å². The van der Waals surface area contributed by atoms with Crippen molar-refractivity contribution in [3.8, 4) is 0 Å². The van der Waals surface area contributed by atoms with Gasteiger partial charge in [0.1, 0.15) is 12.1 Å². The zero-order valence-electron chi connectivity index (χ0n) is 31.2. The highest BCUT2D eigenvalue weighted by molar-refractivity contribution is 5.90. The average molecular weight is 723 g/mol. The fraction of sp³-hybridized carbons (Fsp3) is 0.419. The lowest BCUT2D eigenvalue weighted by Crippen LogP contribution is -2.57. The molecule has 0 saturated heterocycles. The van der Waals surface area contributed by atoms with Crippen LogP contribution in [0.3, 0.4) is 0 Å². The molecular formula is C43H58N6O4. The number of carboxylic acids is 1. The van der Waals surface area contributed by atoms with Crippen molar-refractivity contribution in [1.82, 2.24) is 21.3 Å². The van der Waals surface area contributed by atoms with Crippen LogP contribution in [-0.4, -0.2) is 72.7 Å². The molecular weight excluding hydrogens is 665 g/mol. The van der Waals surface area contributed by atoms with Gasteiger partial charge in [0.2, 0.25) is 11.8 Å². The molecule has 0 aliphatic rings. The molecule has 10 nitrogen and oxygen atoms in total. The monoisotopic (exact) mass is 722 g/mol. The Kier molecular flexibility index (Phi) is 16.9. The van der Waals surface area contributed by atoms with Crippen LogP contribution >= 0.6 is 0 Å². The lowest BCUT2D eigenvalue weighted by atomic mass is 10.0. The Bertz CT molecular complexity index is 1700. The van der Waals surface area contributed by atoms with Gasteiger partial charge in [0.05, 0.1) is 6.04 Å². The molecule has 2 amide bonds. The molecule has 0 saturated carbocycles. The second-order valence-electron chi connectivity index (χ2n) is 14.5. The predicted molar refractivity (Wildman–Crippen MR) is 213 cm³/mol. The van der Waals surface area contributed by atoms with Gasteiger partial charge >= 0.3 is 5.97 Å². The molecule has 9 N–H and O–H groups in total. The van der Waals surface area contributed by atoms with E-state index in [4.69, 9.17) is 11.5 Å². The number of aliphatic carboxylic acids is 1. The van der Waals surface area contributed by atoms with Crippen LogP contribution in [0.15, 0.2) is 103 Å². The maximum Gasteiger partial charge on any atom is 0.320 e. The number of carbonyl (C=O) groups is 3. The van der Waals surface area contributed by atoms with Gasteiger partial charge in [-0.2, -0.15) is 0 Å². The number of unbranched alkanes of at least 4 members (excludes halogenated alkanes) is 1. The highest BCUT2D eigenvalue weighted by Crippen LogP contribution is 2.17. The fourth-order valence-corrected chi connectivity index (χ4v) is 6.59. The number of fused-ring (bicyclic) bond motifs is 1. The summed E-state index contributed by atoms with van der Waals surface area (Å²) in [6.45, 7) is 5.14. The van der Waals surface area contributed by atoms with Crippen molar-refractivity contribution in [3.05, 3.63) is 120 Å². The molecule has 0 heterocycles. The molecule has 0 aromatic heterocycles. The minimum Gasteiger partial charge on any atom is -0.480 e. The first-order valence-electron chi connectivity index (χ1n) is 18.9. The minimum atomic E-state index is -0.928. The molecule has 4 aromatic carbocycles. The Balaban J connectivity index is 1.48. The van der Waals surface area contributed by atoms with Gasteiger partial charge in [-0.05, 0) is 72.0 Å². The van der Waals surface area contributed by atoms with Gasteiger partial charge in [-0.3, -0.25) is 14.4 Å². The van der Waals surface area contributed by atoms with Gasteiger partial charge in [0, 0.05) is 31.6 Å². The Labute approximate surface area is 314 Å². The number of rotatable bonds is 23. The lowest BCUT2D eigenvalue weighted by Gasteiger charge is -2.27. The van der Waals surface area contributed by atoms with Crippen molar-refractivity contribution >= 4 is 28.6 Å². The number of hydrogen-bond donors (Lipinski definition) is 7. The number of nitrogens with one attached hydrogen (secondary N) is 4. The van der Waals surface area contributed by atoms with E-state index in [1.165, 1.54) is 5.39 Å². The van der Waals surface area contributed by atoms with E-state index >= 15 is 0 Å². The third-order valence-corrected chi connectivity index (χ3v) is 9.40. The largest absolute Gasteiger partial charge is 0.480 e. The minimum absolute atomic E-state index is 0.177. The summed E-state index contributed by atoms with van der Waals surface area (Å²) in [7, 11) is 0. The highest BCUT2D eigenvalue weighted by Gasteiger charge is 2.28. The topological polar surface area (TPSA) is 172 Å². The molecule has 4 aromatic rings. The van der Waals surface area contributed by atoms with Crippen LogP contribution in [-0.2, 0) is 33.6 Å². The molecule has 0 fully saturated rings. The fourth-order valence-electron chi connectivity index (χ4n) is 6.59. The van der Waals surface area contributed by atoms with Gasteiger partial charge in [0.15, 0.2) is 0 Å². The number of carboxylic acid groups (broad SMARTS) is 1. The van der Waals surface area contributed by atoms with Gasteiger partial charge in [-0.1, -0.05) is 123 Å². The maximum absolute atomic E-state index is 14.2. The van der Waals surface area contributed by atoms with E-state index in [0.717, 1.165) is 34.9 Å². The van der Waals surface area contributed by atoms with E-state index < -0.39 is 30.1 Å². The van der Waals surface area contributed by atoms with Crippen LogP contribution < -0.4 is 32.7 Å². The van der Waals surface area contributed by atoms with E-state index in [2.05, 4.69) is 51.6 Å². The van der Waals surface area contributed by atoms with E-state index in [-0.39, 0.29) is 36.7 Å². The van der Waals surface area contributed by atoms with Gasteiger partial charge in [-0.15, -0.1) is 0 Å². The summed E-state index contributed by atoms with van der Waals surface area (Å²) in [5.74, 6) is -1.37. The summed E-state index contributed by atoms with van der Waals surface area (Å²) in [5.41, 5.74) is 15.4. The first kappa shape index (κ1) is 41.2. The van der Waals surface area contributed by atoms with Crippen molar-refractivity contribution in [2.24, 2.45) is 17.4 Å². The third-order valence-electron chi connectivity index (χ3n) is 9.40. The Morgan fingerprint density at radius 2 is 1.25 bits per heavy atom. The molecule has 0 bridgehead atoms. The standard InChI is InChI=1S/C43H58N6O4/c1-30(2)23-40(43(52)53)47-29-37(26-31-13-5-3-6-14-31)48-42(51)39(27-32-15-7-4-8-16-32)49-41(50)38(19-11-12-22-44)46-28-36(45)25-33-20-21-34-17-9-10-18-35(34)24-33/h3-10,13-18,20-21,24,30,36-40,46-47H,11-12,19,22-23,25-29,44-45H2,1-2H3,(H,48,51)(H,49,50)(H,52,53)/t36-,37-,38-,39-,40-/m0/s1. The van der Waals surface area contributed by atoms with Gasteiger partial charge < -0.3 is 37.8 Å². The van der Waals surface area contributed by atoms with Crippen LogP contribution in [0.2, 0.25) is 0 Å². The third kappa shape index (κ3) is 14.4. The molecule has 0 spiro atoms. The number of amides is 2. The summed E-state index contributed by atoms with van der Waals surface area (Å²) in [4.78, 5) is 40.2. The summed E-state index contributed by atoms with van der Waals surface area (Å²) in [6, 6.07) is 31.0. The SMILES string of the molecule is CC(C)C[C@H](NC[C@H](Cc1ccccc1)NC(=O)[C@H](Cc1ccccc1)NC(=O)[C@H](CCCCN)NC[C@@H](N)Cc1ccc2ccccc2c1)C(=O)O. The Hall–Kier alpha value is -4.61. The molecule has 0 unspecified atom stereocenters. The molecule has 10 heteroatoms. The van der Waals surface area contributed by atoms with E-state index in [9.17, 15) is 19.5 Å². The first-order chi connectivity index (χ1) is 25.6. The van der Waals surface area contributed by atoms with Crippen LogP contribution in [0.1, 0.15) is 56.2 Å². The molecule has 284 valence electrons. The molecule has 0 aliphatic heterocycles. The van der Waals surface area contributed by atoms with Crippen molar-refractivity contribution in [2.45, 2.75) is 89.0 Å². The van der Waals surface area contributed by atoms with Crippen LogP contribution in [0.25, 0.3) is 10.8 Å². The Morgan fingerprint density at radius 3 is 1.89 bits per heavy atom. The average Bonchev–Trinajstić information content (AvgIpc) is 3.14. The lowest BCUT2D eigenvalue weighted by molar-refractivity contribution is -0.140. The maximum atomic E-state index is 14.2. The van der Waals surface area contributed by atoms with E-state index in [1.807, 2.05) is 86.6 Å². The molecule has 0 aliphatic carbocycles. The number of hydrogen-bond acceptors (Lipinski definition) is 7. The van der Waals surface area contributed by atoms with Crippen LogP contribution in [0.4, 0.5) is 0 Å². The summed E-state index contributed by atoms with van der Waals surface area (Å²) in [6.07, 6.45) is 3.92. The number of nitrogens with two attached hydrogens (primary N) is 2. The normalized spacial score (nSPS) is 14.3. The zero-order chi connectivity index (χ0) is 38.0. The predicted octanol–water partition coefficient (Wildman–Crippen LogP) is 4.34. The second kappa shape index (κ2) is 21.8. The highest BCUT2D eigenvalue weighted by atomic mass is 16.4. The summed E-state index contributed by atoms with van der Waals surface area (Å²) >= 11 is 0. The van der Waals surface area contributed by atoms with Crippen LogP contribution in [0, 0.1) is 5.92 Å².